The minimum Gasteiger partial charge on any atom is -0.458 e. The number of halogens is 1. The maximum Gasteiger partial charge on any atom is 0.356 e. The first kappa shape index (κ1) is 14.5. The third-order valence-electron chi connectivity index (χ3n) is 2.24. The quantitative estimate of drug-likeness (QED) is 0.387. The molecule has 1 aromatic carbocycles. The van der Waals surface area contributed by atoms with E-state index in [0.29, 0.717) is 17.9 Å². The molecular formula is C13H16ClNO3. The number of ether oxygens (including phenoxy) is 1. The van der Waals surface area contributed by atoms with Crippen LogP contribution in [0, 0.1) is 0 Å². The molecule has 0 bridgehead atoms. The minimum atomic E-state index is -0.588. The molecule has 98 valence electrons. The van der Waals surface area contributed by atoms with Crippen molar-refractivity contribution >= 4 is 23.3 Å². The number of hydrogen-bond donors (Lipinski definition) is 1. The number of hydrogen-bond acceptors (Lipinski definition) is 4. The van der Waals surface area contributed by atoms with Crippen molar-refractivity contribution in [3.8, 4) is 0 Å². The number of rotatable bonds is 5. The summed E-state index contributed by atoms with van der Waals surface area (Å²) < 4.78 is 4.96. The number of benzene rings is 1. The van der Waals surface area contributed by atoms with E-state index in [1.165, 1.54) is 0 Å². The Morgan fingerprint density at radius 2 is 2.22 bits per heavy atom. The highest BCUT2D eigenvalue weighted by Crippen LogP contribution is 2.12. The van der Waals surface area contributed by atoms with Gasteiger partial charge in [0.05, 0.1) is 6.10 Å². The first-order valence-corrected chi connectivity index (χ1v) is 6.07. The molecule has 0 aliphatic rings. The molecule has 0 spiro atoms. The van der Waals surface area contributed by atoms with Gasteiger partial charge in [-0.3, -0.25) is 0 Å². The molecular weight excluding hydrogens is 254 g/mol. The molecule has 0 unspecified atom stereocenters. The summed E-state index contributed by atoms with van der Waals surface area (Å²) in [5.41, 5.74) is 0.990. The maximum absolute atomic E-state index is 11.5. The maximum atomic E-state index is 11.5. The lowest BCUT2D eigenvalue weighted by Gasteiger charge is -2.08. The molecule has 18 heavy (non-hydrogen) atoms. The molecule has 4 nitrogen and oxygen atoms in total. The van der Waals surface area contributed by atoms with Crippen molar-refractivity contribution < 1.29 is 14.7 Å². The lowest BCUT2D eigenvalue weighted by Crippen LogP contribution is -2.21. The van der Waals surface area contributed by atoms with Crippen molar-refractivity contribution in [1.29, 1.82) is 0 Å². The summed E-state index contributed by atoms with van der Waals surface area (Å²) in [6.07, 6.45) is 0.635. The van der Waals surface area contributed by atoms with Gasteiger partial charge in [0.15, 0.2) is 5.71 Å². The van der Waals surface area contributed by atoms with Gasteiger partial charge in [-0.2, -0.15) is 0 Å². The van der Waals surface area contributed by atoms with Crippen molar-refractivity contribution in [1.82, 2.24) is 0 Å². The van der Waals surface area contributed by atoms with Gasteiger partial charge in [0.1, 0.15) is 0 Å². The number of aryl methyl sites for hydroxylation is 1. The standard InChI is InChI=1S/C13H16ClNO3/c1-9(2)18-13(16)12(15-17)7-6-10-4-3-5-11(14)8-10/h3-5,8-9,17H,6-7H2,1-2H3. The van der Waals surface area contributed by atoms with Crippen LogP contribution in [0.15, 0.2) is 29.4 Å². The molecule has 0 amide bonds. The van der Waals surface area contributed by atoms with Gasteiger partial charge in [0.2, 0.25) is 0 Å². The Hall–Kier alpha value is -1.55. The van der Waals surface area contributed by atoms with Crippen molar-refractivity contribution in [2.75, 3.05) is 0 Å². The lowest BCUT2D eigenvalue weighted by atomic mass is 10.1. The molecule has 0 saturated heterocycles. The smallest absolute Gasteiger partial charge is 0.356 e. The van der Waals surface area contributed by atoms with Crippen LogP contribution < -0.4 is 0 Å². The van der Waals surface area contributed by atoms with E-state index < -0.39 is 5.97 Å². The van der Waals surface area contributed by atoms with Gasteiger partial charge in [-0.15, -0.1) is 0 Å². The van der Waals surface area contributed by atoms with Crippen LogP contribution in [0.4, 0.5) is 0 Å². The van der Waals surface area contributed by atoms with Crippen LogP contribution in [0.25, 0.3) is 0 Å². The molecule has 1 rings (SSSR count). The van der Waals surface area contributed by atoms with Gasteiger partial charge in [0.25, 0.3) is 0 Å². The number of nitrogens with zero attached hydrogens (tertiary/aromatic N) is 1. The summed E-state index contributed by atoms with van der Waals surface area (Å²) in [7, 11) is 0. The molecule has 5 heteroatoms. The summed E-state index contributed by atoms with van der Waals surface area (Å²) >= 11 is 5.85. The molecule has 0 fully saturated rings. The average Bonchev–Trinajstić information content (AvgIpc) is 2.29. The first-order chi connectivity index (χ1) is 8.52. The second-order valence-electron chi connectivity index (χ2n) is 4.13. The Bertz CT molecular complexity index is 444. The highest BCUT2D eigenvalue weighted by molar-refractivity contribution is 6.36. The lowest BCUT2D eigenvalue weighted by molar-refractivity contribution is -0.139. The number of oxime groups is 1. The first-order valence-electron chi connectivity index (χ1n) is 5.69. The van der Waals surface area contributed by atoms with E-state index in [4.69, 9.17) is 21.5 Å². The highest BCUT2D eigenvalue weighted by atomic mass is 35.5. The zero-order chi connectivity index (χ0) is 13.5. The summed E-state index contributed by atoms with van der Waals surface area (Å²) in [6.45, 7) is 3.48. The van der Waals surface area contributed by atoms with Gasteiger partial charge in [-0.25, -0.2) is 4.79 Å². The zero-order valence-corrected chi connectivity index (χ0v) is 11.1. The topological polar surface area (TPSA) is 58.9 Å². The minimum absolute atomic E-state index is 0.0173. The summed E-state index contributed by atoms with van der Waals surface area (Å²) in [4.78, 5) is 11.5. The number of carbonyl (C=O) groups is 1. The van der Waals surface area contributed by atoms with Gasteiger partial charge < -0.3 is 9.94 Å². The SMILES string of the molecule is CC(C)OC(=O)C(CCc1cccc(Cl)c1)=NO. The van der Waals surface area contributed by atoms with E-state index in [1.54, 1.807) is 19.9 Å². The molecule has 0 radical (unpaired) electrons. The van der Waals surface area contributed by atoms with Gasteiger partial charge in [0, 0.05) is 11.4 Å². The highest BCUT2D eigenvalue weighted by Gasteiger charge is 2.15. The Kier molecular flexibility index (Phi) is 5.65. The summed E-state index contributed by atoms with van der Waals surface area (Å²) in [5, 5.41) is 12.4. The van der Waals surface area contributed by atoms with Crippen LogP contribution in [0.3, 0.4) is 0 Å². The zero-order valence-electron chi connectivity index (χ0n) is 10.4. The Labute approximate surface area is 111 Å². The molecule has 0 atom stereocenters. The average molecular weight is 270 g/mol. The second-order valence-corrected chi connectivity index (χ2v) is 4.57. The largest absolute Gasteiger partial charge is 0.458 e. The van der Waals surface area contributed by atoms with Gasteiger partial charge in [-0.1, -0.05) is 28.9 Å². The van der Waals surface area contributed by atoms with Gasteiger partial charge in [-0.05, 0) is 38.0 Å². The summed E-state index contributed by atoms with van der Waals surface area (Å²) in [6, 6.07) is 7.32. The normalized spacial score (nSPS) is 11.7. The van der Waals surface area contributed by atoms with Gasteiger partial charge >= 0.3 is 5.97 Å². The van der Waals surface area contributed by atoms with E-state index >= 15 is 0 Å². The summed E-state index contributed by atoms with van der Waals surface area (Å²) in [5.74, 6) is -0.588. The predicted molar refractivity (Wildman–Crippen MR) is 70.2 cm³/mol. The van der Waals surface area contributed by atoms with Crippen LogP contribution in [-0.4, -0.2) is 23.0 Å². The molecule has 1 aromatic rings. The molecule has 0 aliphatic heterocycles. The Morgan fingerprint density at radius 1 is 1.50 bits per heavy atom. The fourth-order valence-electron chi connectivity index (χ4n) is 1.43. The van der Waals surface area contributed by atoms with E-state index in [2.05, 4.69) is 5.16 Å². The van der Waals surface area contributed by atoms with Crippen LogP contribution in [0.2, 0.25) is 5.02 Å². The van der Waals surface area contributed by atoms with Crippen molar-refractivity contribution in [2.45, 2.75) is 32.8 Å². The van der Waals surface area contributed by atoms with Crippen molar-refractivity contribution in [2.24, 2.45) is 5.16 Å². The monoisotopic (exact) mass is 269 g/mol. The second kappa shape index (κ2) is 7.01. The Morgan fingerprint density at radius 3 is 2.78 bits per heavy atom. The van der Waals surface area contributed by atoms with Crippen molar-refractivity contribution in [3.05, 3.63) is 34.9 Å². The third-order valence-corrected chi connectivity index (χ3v) is 2.47. The van der Waals surface area contributed by atoms with Crippen LogP contribution >= 0.6 is 11.6 Å². The fraction of sp³-hybridized carbons (Fsp3) is 0.385. The molecule has 0 saturated carbocycles. The fourth-order valence-corrected chi connectivity index (χ4v) is 1.64. The van der Waals surface area contributed by atoms with Crippen LogP contribution in [-0.2, 0) is 16.0 Å². The van der Waals surface area contributed by atoms with E-state index in [9.17, 15) is 4.79 Å². The molecule has 0 aliphatic carbocycles. The van der Waals surface area contributed by atoms with Crippen LogP contribution in [0.5, 0.6) is 0 Å². The number of esters is 1. The Balaban J connectivity index is 2.58. The molecule has 0 heterocycles. The van der Waals surface area contributed by atoms with Crippen LogP contribution in [0.1, 0.15) is 25.8 Å². The van der Waals surface area contributed by atoms with Crippen molar-refractivity contribution in [3.63, 3.8) is 0 Å². The predicted octanol–water partition coefficient (Wildman–Crippen LogP) is 3.05. The van der Waals surface area contributed by atoms with E-state index in [0.717, 1.165) is 5.56 Å². The molecule has 1 N–H and O–H groups in total. The molecule has 0 aromatic heterocycles. The third kappa shape index (κ3) is 4.75. The number of carbonyl (C=O) groups excluding carboxylic acids is 1. The van der Waals surface area contributed by atoms with E-state index in [1.807, 2.05) is 18.2 Å². The van der Waals surface area contributed by atoms with E-state index in [-0.39, 0.29) is 11.8 Å².